The predicted molar refractivity (Wildman–Crippen MR) is 157 cm³/mol. The van der Waals surface area contributed by atoms with Gasteiger partial charge in [-0.1, -0.05) is 19.1 Å². The summed E-state index contributed by atoms with van der Waals surface area (Å²) in [7, 11) is -4.00. The average Bonchev–Trinajstić information content (AvgIpc) is 3.50. The van der Waals surface area contributed by atoms with Crippen molar-refractivity contribution >= 4 is 27.1 Å². The van der Waals surface area contributed by atoms with Gasteiger partial charge < -0.3 is 15.1 Å². The van der Waals surface area contributed by atoms with Gasteiger partial charge in [0.2, 0.25) is 9.84 Å². The van der Waals surface area contributed by atoms with E-state index in [1.165, 1.54) is 40.0 Å². The number of anilines is 1. The molecule has 2 amide bonds. The van der Waals surface area contributed by atoms with E-state index < -0.39 is 27.6 Å². The first-order chi connectivity index (χ1) is 21.0. The molecule has 0 bridgehead atoms. The first-order valence-corrected chi connectivity index (χ1v) is 15.9. The number of fused-ring (bicyclic) bond motifs is 2. The SMILES string of the molecule is CCN1CCN(Cc2ccc(NC(=O)N3CCc4ccc(S(=O)(=O)c5ncnn6cccc56)cc4C3)cc2C(F)(F)F)CC1. The van der Waals surface area contributed by atoms with Crippen LogP contribution in [-0.2, 0) is 35.5 Å². The third-order valence-electron chi connectivity index (χ3n) is 8.31. The van der Waals surface area contributed by atoms with Crippen LogP contribution in [0.15, 0.2) is 71.0 Å². The number of urea groups is 1. The standard InChI is InChI=1S/C30H32F3N7O3S/c1-2-37-12-14-38(15-13-37)18-22-5-7-24(17-26(22)30(31,32)33)36-29(41)39-11-9-21-6-8-25(16-23(21)19-39)44(42,43)28-27-4-3-10-40(27)35-20-34-28/h3-8,10,16-17,20H,2,9,11-15,18-19H2,1H3,(H,36,41). The van der Waals surface area contributed by atoms with Crippen molar-refractivity contribution in [1.29, 1.82) is 0 Å². The van der Waals surface area contributed by atoms with E-state index in [9.17, 15) is 26.4 Å². The van der Waals surface area contributed by atoms with Crippen LogP contribution in [0.2, 0.25) is 0 Å². The highest BCUT2D eigenvalue weighted by Crippen LogP contribution is 2.35. The molecule has 6 rings (SSSR count). The van der Waals surface area contributed by atoms with Crippen LogP contribution in [0.4, 0.5) is 23.7 Å². The molecule has 1 saturated heterocycles. The summed E-state index contributed by atoms with van der Waals surface area (Å²) in [5.41, 5.74) is 1.32. The van der Waals surface area contributed by atoms with Crippen molar-refractivity contribution in [1.82, 2.24) is 29.3 Å². The van der Waals surface area contributed by atoms with Gasteiger partial charge in [0.05, 0.1) is 10.5 Å². The lowest BCUT2D eigenvalue weighted by molar-refractivity contribution is -0.138. The summed E-state index contributed by atoms with van der Waals surface area (Å²) in [5.74, 6) is 0. The molecular formula is C30H32F3N7O3S. The van der Waals surface area contributed by atoms with Crippen LogP contribution in [0.5, 0.6) is 0 Å². The summed E-state index contributed by atoms with van der Waals surface area (Å²) < 4.78 is 70.6. The number of hydrogen-bond acceptors (Lipinski definition) is 7. The van der Waals surface area contributed by atoms with Crippen LogP contribution in [0.3, 0.4) is 0 Å². The zero-order valence-electron chi connectivity index (χ0n) is 24.1. The number of piperazine rings is 1. The first-order valence-electron chi connectivity index (χ1n) is 14.4. The molecule has 4 heterocycles. The lowest BCUT2D eigenvalue weighted by atomic mass is 10.0. The van der Waals surface area contributed by atoms with Crippen LogP contribution in [0.25, 0.3) is 5.52 Å². The summed E-state index contributed by atoms with van der Waals surface area (Å²) in [5, 5.41) is 6.51. The zero-order chi connectivity index (χ0) is 31.1. The summed E-state index contributed by atoms with van der Waals surface area (Å²) >= 11 is 0. The number of halogens is 3. The molecule has 0 atom stereocenters. The van der Waals surface area contributed by atoms with E-state index in [4.69, 9.17) is 0 Å². The molecule has 2 aromatic heterocycles. The molecule has 0 radical (unpaired) electrons. The smallest absolute Gasteiger partial charge is 0.320 e. The Kier molecular flexibility index (Phi) is 8.07. The fourth-order valence-electron chi connectivity index (χ4n) is 5.80. The molecule has 2 aliphatic rings. The van der Waals surface area contributed by atoms with E-state index in [0.29, 0.717) is 37.1 Å². The second-order valence-electron chi connectivity index (χ2n) is 11.0. The summed E-state index contributed by atoms with van der Waals surface area (Å²) in [4.78, 5) is 23.0. The molecule has 44 heavy (non-hydrogen) atoms. The Morgan fingerprint density at radius 3 is 2.50 bits per heavy atom. The number of rotatable bonds is 6. The number of nitrogens with zero attached hydrogens (tertiary/aromatic N) is 6. The predicted octanol–water partition coefficient (Wildman–Crippen LogP) is 4.31. The van der Waals surface area contributed by atoms with Gasteiger partial charge in [-0.3, -0.25) is 4.90 Å². The topological polar surface area (TPSA) is 103 Å². The molecule has 0 aliphatic carbocycles. The largest absolute Gasteiger partial charge is 0.416 e. The van der Waals surface area contributed by atoms with E-state index >= 15 is 0 Å². The second-order valence-corrected chi connectivity index (χ2v) is 12.9. The number of carbonyl (C=O) groups excluding carboxylic acids is 1. The van der Waals surface area contributed by atoms with Gasteiger partial charge in [-0.25, -0.2) is 22.7 Å². The van der Waals surface area contributed by atoms with Crippen molar-refractivity contribution < 1.29 is 26.4 Å². The summed E-state index contributed by atoms with van der Waals surface area (Å²) in [6, 6.07) is 11.4. The molecule has 4 aromatic rings. The number of alkyl halides is 3. The molecule has 0 spiro atoms. The van der Waals surface area contributed by atoms with E-state index in [1.54, 1.807) is 24.4 Å². The Morgan fingerprint density at radius 2 is 1.75 bits per heavy atom. The van der Waals surface area contributed by atoms with Gasteiger partial charge >= 0.3 is 12.2 Å². The zero-order valence-corrected chi connectivity index (χ0v) is 24.9. The minimum Gasteiger partial charge on any atom is -0.320 e. The van der Waals surface area contributed by atoms with E-state index in [1.807, 2.05) is 4.90 Å². The van der Waals surface area contributed by atoms with E-state index in [2.05, 4.69) is 27.2 Å². The number of carbonyl (C=O) groups is 1. The molecule has 2 aliphatic heterocycles. The van der Waals surface area contributed by atoms with Gasteiger partial charge in [0.1, 0.15) is 11.8 Å². The third-order valence-corrected chi connectivity index (χ3v) is 10.0. The number of aromatic nitrogens is 3. The van der Waals surface area contributed by atoms with Crippen molar-refractivity contribution in [3.8, 4) is 0 Å². The number of benzene rings is 2. The van der Waals surface area contributed by atoms with Gasteiger partial charge in [-0.05, 0) is 66.1 Å². The molecule has 0 saturated carbocycles. The van der Waals surface area contributed by atoms with Crippen LogP contribution < -0.4 is 5.32 Å². The number of hydrogen-bond donors (Lipinski definition) is 1. The highest BCUT2D eigenvalue weighted by molar-refractivity contribution is 7.91. The van der Waals surface area contributed by atoms with Crippen LogP contribution >= 0.6 is 0 Å². The first kappa shape index (κ1) is 30.0. The van der Waals surface area contributed by atoms with Crippen LogP contribution in [0, 0.1) is 0 Å². The molecule has 232 valence electrons. The second kappa shape index (κ2) is 11.8. The quantitative estimate of drug-likeness (QED) is 0.340. The minimum atomic E-state index is -4.58. The highest BCUT2D eigenvalue weighted by Gasteiger charge is 2.35. The molecule has 14 heteroatoms. The third kappa shape index (κ3) is 6.01. The average molecular weight is 628 g/mol. The Bertz CT molecular complexity index is 1800. The Morgan fingerprint density at radius 1 is 0.977 bits per heavy atom. The number of amides is 2. The number of likely N-dealkylation sites (N-methyl/N-ethyl adjacent to an activating group) is 1. The van der Waals surface area contributed by atoms with Gasteiger partial charge in [-0.15, -0.1) is 0 Å². The molecule has 1 fully saturated rings. The molecule has 10 nitrogen and oxygen atoms in total. The lowest BCUT2D eigenvalue weighted by Crippen LogP contribution is -2.45. The summed E-state index contributed by atoms with van der Waals surface area (Å²) in [6.07, 6.45) is -1.31. The van der Waals surface area contributed by atoms with Crippen molar-refractivity contribution in [3.63, 3.8) is 0 Å². The fraction of sp³-hybridized carbons (Fsp3) is 0.367. The summed E-state index contributed by atoms with van der Waals surface area (Å²) in [6.45, 7) is 6.61. The Balaban J connectivity index is 1.18. The monoisotopic (exact) mass is 627 g/mol. The Labute approximate surface area is 253 Å². The van der Waals surface area contributed by atoms with E-state index in [-0.39, 0.29) is 34.3 Å². The Hall–Kier alpha value is -4.01. The van der Waals surface area contributed by atoms with Crippen molar-refractivity contribution in [2.24, 2.45) is 0 Å². The molecule has 1 N–H and O–H groups in total. The number of nitrogens with one attached hydrogen (secondary N) is 1. The van der Waals surface area contributed by atoms with Crippen molar-refractivity contribution in [2.45, 2.75) is 42.5 Å². The minimum absolute atomic E-state index is 0.0295. The molecule has 0 unspecified atom stereocenters. The maximum atomic E-state index is 14.1. The van der Waals surface area contributed by atoms with Crippen molar-refractivity contribution in [2.75, 3.05) is 44.6 Å². The van der Waals surface area contributed by atoms with Gasteiger partial charge in [0, 0.05) is 57.7 Å². The molecular weight excluding hydrogens is 595 g/mol. The van der Waals surface area contributed by atoms with Crippen molar-refractivity contribution in [3.05, 3.63) is 83.3 Å². The van der Waals surface area contributed by atoms with Crippen LogP contribution in [-0.4, -0.2) is 83.0 Å². The normalized spacial score (nSPS) is 16.7. The van der Waals surface area contributed by atoms with Crippen LogP contribution in [0.1, 0.15) is 29.2 Å². The highest BCUT2D eigenvalue weighted by atomic mass is 32.2. The maximum Gasteiger partial charge on any atom is 0.416 e. The lowest BCUT2D eigenvalue weighted by Gasteiger charge is -2.34. The fourth-order valence-corrected chi connectivity index (χ4v) is 7.19. The van der Waals surface area contributed by atoms with Gasteiger partial charge in [-0.2, -0.15) is 18.3 Å². The number of sulfone groups is 1. The van der Waals surface area contributed by atoms with Gasteiger partial charge in [0.25, 0.3) is 0 Å². The maximum absolute atomic E-state index is 14.1. The van der Waals surface area contributed by atoms with E-state index in [0.717, 1.165) is 31.3 Å². The van der Waals surface area contributed by atoms with Gasteiger partial charge in [0.15, 0.2) is 5.03 Å². The molecule has 2 aromatic carbocycles.